The van der Waals surface area contributed by atoms with Crippen LogP contribution >= 0.6 is 0 Å². The summed E-state index contributed by atoms with van der Waals surface area (Å²) >= 11 is 0. The van der Waals surface area contributed by atoms with E-state index < -0.39 is 0 Å². The van der Waals surface area contributed by atoms with Gasteiger partial charge in [-0.25, -0.2) is 4.39 Å². The predicted molar refractivity (Wildman–Crippen MR) is 43.2 cm³/mol. The Balaban J connectivity index is 2.60. The summed E-state index contributed by atoms with van der Waals surface area (Å²) in [4.78, 5) is 0. The second kappa shape index (κ2) is 2.35. The first-order valence-electron chi connectivity index (χ1n) is 3.66. The molecule has 0 saturated carbocycles. The second-order valence-electron chi connectivity index (χ2n) is 2.83. The molecule has 1 aliphatic heterocycles. The van der Waals surface area contributed by atoms with Crippen molar-refractivity contribution in [3.8, 4) is 5.75 Å². The van der Waals surface area contributed by atoms with Crippen molar-refractivity contribution in [3.05, 3.63) is 23.5 Å². The van der Waals surface area contributed by atoms with E-state index in [1.165, 1.54) is 6.07 Å². The lowest BCUT2D eigenvalue weighted by Crippen LogP contribution is -2.12. The Morgan fingerprint density at radius 3 is 3.00 bits per heavy atom. The smallest absolute Gasteiger partial charge is 0.133 e. The molecule has 0 spiro atoms. The molecule has 4 N–H and O–H groups in total. The molecule has 0 aliphatic carbocycles. The zero-order valence-corrected chi connectivity index (χ0v) is 6.38. The average molecular weight is 168 g/mol. The maximum absolute atomic E-state index is 13.2. The molecule has 0 amide bonds. The monoisotopic (exact) mass is 168 g/mol. The highest BCUT2D eigenvalue weighted by molar-refractivity contribution is 5.52. The van der Waals surface area contributed by atoms with Gasteiger partial charge in [0, 0.05) is 11.8 Å². The first-order chi connectivity index (χ1) is 5.68. The van der Waals surface area contributed by atoms with Crippen LogP contribution in [0.5, 0.6) is 5.75 Å². The minimum absolute atomic E-state index is 0.329. The van der Waals surface area contributed by atoms with Crippen LogP contribution in [0, 0.1) is 5.82 Å². The van der Waals surface area contributed by atoms with Crippen LogP contribution in [0.3, 0.4) is 0 Å². The zero-order chi connectivity index (χ0) is 8.72. The third-order valence-electron chi connectivity index (χ3n) is 1.90. The van der Waals surface area contributed by atoms with Crippen molar-refractivity contribution in [1.29, 1.82) is 0 Å². The average Bonchev–Trinajstić information content (AvgIpc) is 2.31. The number of benzene rings is 1. The van der Waals surface area contributed by atoms with Crippen molar-refractivity contribution in [2.45, 2.75) is 6.04 Å². The number of rotatable bonds is 0. The van der Waals surface area contributed by atoms with Gasteiger partial charge in [0.15, 0.2) is 0 Å². The van der Waals surface area contributed by atoms with Crippen molar-refractivity contribution in [2.24, 2.45) is 5.73 Å². The zero-order valence-electron chi connectivity index (χ0n) is 6.38. The second-order valence-corrected chi connectivity index (χ2v) is 2.83. The number of anilines is 1. The summed E-state index contributed by atoms with van der Waals surface area (Å²) in [6.07, 6.45) is 0. The number of nitrogens with two attached hydrogens (primary N) is 2. The highest BCUT2D eigenvalue weighted by Crippen LogP contribution is 2.34. The van der Waals surface area contributed by atoms with E-state index in [-0.39, 0.29) is 11.9 Å². The van der Waals surface area contributed by atoms with Crippen molar-refractivity contribution >= 4 is 5.69 Å². The molecule has 3 nitrogen and oxygen atoms in total. The van der Waals surface area contributed by atoms with E-state index >= 15 is 0 Å². The first-order valence-corrected chi connectivity index (χ1v) is 3.66. The maximum atomic E-state index is 13.2. The van der Waals surface area contributed by atoms with Gasteiger partial charge in [0.1, 0.15) is 18.2 Å². The number of hydrogen-bond donors (Lipinski definition) is 2. The van der Waals surface area contributed by atoms with E-state index in [1.807, 2.05) is 0 Å². The minimum atomic E-state index is -0.380. The van der Waals surface area contributed by atoms with Crippen LogP contribution in [0.2, 0.25) is 0 Å². The molecule has 0 unspecified atom stereocenters. The van der Waals surface area contributed by atoms with Crippen molar-refractivity contribution in [3.63, 3.8) is 0 Å². The summed E-state index contributed by atoms with van der Waals surface area (Å²) in [5, 5.41) is 0. The molecule has 0 radical (unpaired) electrons. The van der Waals surface area contributed by atoms with Crippen LogP contribution in [0.15, 0.2) is 12.1 Å². The summed E-state index contributed by atoms with van der Waals surface area (Å²) in [5.41, 5.74) is 11.8. The fourth-order valence-electron chi connectivity index (χ4n) is 1.35. The fourth-order valence-corrected chi connectivity index (χ4v) is 1.35. The van der Waals surface area contributed by atoms with E-state index in [2.05, 4.69) is 0 Å². The van der Waals surface area contributed by atoms with Gasteiger partial charge in [-0.3, -0.25) is 0 Å². The normalized spacial score (nSPS) is 20.3. The fraction of sp³-hybridized carbons (Fsp3) is 0.250. The van der Waals surface area contributed by atoms with Crippen LogP contribution in [0.25, 0.3) is 0 Å². The van der Waals surface area contributed by atoms with E-state index in [4.69, 9.17) is 16.2 Å². The van der Waals surface area contributed by atoms with Gasteiger partial charge in [0.05, 0.1) is 11.6 Å². The Morgan fingerprint density at radius 1 is 1.50 bits per heavy atom. The molecule has 4 heteroatoms. The number of halogens is 1. The Kier molecular flexibility index (Phi) is 1.44. The van der Waals surface area contributed by atoms with Gasteiger partial charge in [0.25, 0.3) is 0 Å². The molecule has 0 saturated heterocycles. The Morgan fingerprint density at radius 2 is 2.25 bits per heavy atom. The van der Waals surface area contributed by atoms with Crippen LogP contribution in [0.1, 0.15) is 11.6 Å². The molecular weight excluding hydrogens is 159 g/mol. The van der Waals surface area contributed by atoms with Gasteiger partial charge in [-0.1, -0.05) is 0 Å². The van der Waals surface area contributed by atoms with Crippen LogP contribution in [-0.4, -0.2) is 6.61 Å². The van der Waals surface area contributed by atoms with Gasteiger partial charge in [-0.05, 0) is 6.07 Å². The van der Waals surface area contributed by atoms with Gasteiger partial charge >= 0.3 is 0 Å². The summed E-state index contributed by atoms with van der Waals surface area (Å²) in [7, 11) is 0. The molecule has 2 rings (SSSR count). The molecule has 64 valence electrons. The minimum Gasteiger partial charge on any atom is -0.491 e. The topological polar surface area (TPSA) is 61.3 Å². The van der Waals surface area contributed by atoms with Crippen LogP contribution < -0.4 is 16.2 Å². The van der Waals surface area contributed by atoms with Crippen molar-refractivity contribution in [2.75, 3.05) is 12.3 Å². The molecule has 0 fully saturated rings. The lowest BCUT2D eigenvalue weighted by atomic mass is 10.1. The highest BCUT2D eigenvalue weighted by atomic mass is 19.1. The van der Waals surface area contributed by atoms with E-state index in [9.17, 15) is 4.39 Å². The summed E-state index contributed by atoms with van der Waals surface area (Å²) < 4.78 is 18.3. The van der Waals surface area contributed by atoms with Crippen molar-refractivity contribution in [1.82, 2.24) is 0 Å². The SMILES string of the molecule is Nc1cc(F)c2c(c1)OC[C@H]2N. The molecule has 12 heavy (non-hydrogen) atoms. The van der Waals surface area contributed by atoms with Gasteiger partial charge < -0.3 is 16.2 Å². The standard InChI is InChI=1S/C8H9FN2O/c9-5-1-4(10)2-7-8(5)6(11)3-12-7/h1-2,6H,3,10-11H2/t6-/m1/s1. The Hall–Kier alpha value is -1.29. The van der Waals surface area contributed by atoms with Gasteiger partial charge in [0.2, 0.25) is 0 Å². The first kappa shape index (κ1) is 7.36. The third kappa shape index (κ3) is 0.921. The lowest BCUT2D eigenvalue weighted by molar-refractivity contribution is 0.333. The summed E-state index contributed by atoms with van der Waals surface area (Å²) in [6, 6.07) is 2.49. The quantitative estimate of drug-likeness (QED) is 0.563. The number of hydrogen-bond acceptors (Lipinski definition) is 3. The molecule has 1 heterocycles. The van der Waals surface area contributed by atoms with E-state index in [0.717, 1.165) is 0 Å². The maximum Gasteiger partial charge on any atom is 0.133 e. The summed E-state index contributed by atoms with van der Waals surface area (Å²) in [5.74, 6) is 0.0926. The van der Waals surface area contributed by atoms with Crippen LogP contribution in [-0.2, 0) is 0 Å². The van der Waals surface area contributed by atoms with Crippen LogP contribution in [0.4, 0.5) is 10.1 Å². The number of ether oxygens (including phenoxy) is 1. The van der Waals surface area contributed by atoms with E-state index in [1.54, 1.807) is 6.07 Å². The number of fused-ring (bicyclic) bond motifs is 1. The molecule has 1 aliphatic rings. The Labute approximate surface area is 69.1 Å². The molecular formula is C8H9FN2O. The van der Waals surface area contributed by atoms with Crippen molar-refractivity contribution < 1.29 is 9.13 Å². The molecule has 1 atom stereocenters. The Bertz CT molecular complexity index is 327. The van der Waals surface area contributed by atoms with Gasteiger partial charge in [-0.15, -0.1) is 0 Å². The largest absolute Gasteiger partial charge is 0.491 e. The number of nitrogen functional groups attached to an aromatic ring is 1. The molecule has 1 aromatic carbocycles. The molecule has 0 aromatic heterocycles. The summed E-state index contributed by atoms with van der Waals surface area (Å²) in [6.45, 7) is 0.329. The predicted octanol–water partition coefficient (Wildman–Crippen LogP) is 0.800. The highest BCUT2D eigenvalue weighted by Gasteiger charge is 2.24. The molecule has 1 aromatic rings. The lowest BCUT2D eigenvalue weighted by Gasteiger charge is -2.02. The van der Waals surface area contributed by atoms with Gasteiger partial charge in [-0.2, -0.15) is 0 Å². The third-order valence-corrected chi connectivity index (χ3v) is 1.90. The molecule has 0 bridgehead atoms. The van der Waals surface area contributed by atoms with E-state index in [0.29, 0.717) is 23.6 Å².